The molecule has 0 aliphatic carbocycles. The summed E-state index contributed by atoms with van der Waals surface area (Å²) in [4.78, 5) is 38.0. The molecule has 2 atom stereocenters. The van der Waals surface area contributed by atoms with Gasteiger partial charge in [0, 0.05) is 18.3 Å². The minimum absolute atomic E-state index is 0.141. The van der Waals surface area contributed by atoms with Gasteiger partial charge in [-0.2, -0.15) is 0 Å². The first kappa shape index (κ1) is 18.4. The van der Waals surface area contributed by atoms with Crippen LogP contribution in [0.25, 0.3) is 0 Å². The molecule has 1 heterocycles. The Morgan fingerprint density at radius 3 is 2.44 bits per heavy atom. The van der Waals surface area contributed by atoms with Crippen LogP contribution in [0.5, 0.6) is 0 Å². The van der Waals surface area contributed by atoms with Crippen LogP contribution in [0.1, 0.15) is 53.1 Å². The minimum atomic E-state index is -0.931. The number of H-pyrrole nitrogens is 1. The predicted molar refractivity (Wildman–Crippen MR) is 93.5 cm³/mol. The van der Waals surface area contributed by atoms with E-state index in [1.54, 1.807) is 0 Å². The van der Waals surface area contributed by atoms with Crippen LogP contribution >= 0.6 is 0 Å². The average Bonchev–Trinajstić information content (AvgIpc) is 3.10. The van der Waals surface area contributed by atoms with E-state index in [2.05, 4.69) is 10.3 Å². The van der Waals surface area contributed by atoms with Crippen LogP contribution in [0.4, 0.5) is 0 Å². The second-order valence-electron chi connectivity index (χ2n) is 5.96. The smallest absolute Gasteiger partial charge is 0.355 e. The summed E-state index contributed by atoms with van der Waals surface area (Å²) in [5, 5.41) is 2.78. The molecular formula is C19H22N2O4. The Morgan fingerprint density at radius 2 is 1.84 bits per heavy atom. The summed E-state index contributed by atoms with van der Waals surface area (Å²) in [6, 6.07) is 11.2. The lowest BCUT2D eigenvalue weighted by molar-refractivity contribution is -0.129. The number of esters is 1. The second-order valence-corrected chi connectivity index (χ2v) is 5.96. The zero-order chi connectivity index (χ0) is 18.4. The number of Topliss-reactive ketones (excluding diaryl/α,β-unsaturated/α-hetero) is 1. The Hall–Kier alpha value is -2.89. The van der Waals surface area contributed by atoms with Gasteiger partial charge in [0.1, 0.15) is 5.69 Å². The number of aromatic amines is 1. The Kier molecular flexibility index (Phi) is 6.11. The highest BCUT2D eigenvalue weighted by molar-refractivity contribution is 5.98. The van der Waals surface area contributed by atoms with Crippen LogP contribution in [0, 0.1) is 0 Å². The Morgan fingerprint density at radius 1 is 1.16 bits per heavy atom. The lowest BCUT2D eigenvalue weighted by Gasteiger charge is -2.16. The molecule has 1 aromatic carbocycles. The summed E-state index contributed by atoms with van der Waals surface area (Å²) >= 11 is 0. The summed E-state index contributed by atoms with van der Waals surface area (Å²) in [6.07, 6.45) is 0.505. The number of rotatable bonds is 7. The van der Waals surface area contributed by atoms with Gasteiger partial charge in [0.05, 0.1) is 0 Å². The van der Waals surface area contributed by atoms with Gasteiger partial charge in [-0.1, -0.05) is 37.3 Å². The van der Waals surface area contributed by atoms with Crippen LogP contribution in [0.2, 0.25) is 0 Å². The number of benzene rings is 1. The van der Waals surface area contributed by atoms with Crippen LogP contribution in [0.15, 0.2) is 42.6 Å². The van der Waals surface area contributed by atoms with Gasteiger partial charge >= 0.3 is 5.97 Å². The van der Waals surface area contributed by atoms with Gasteiger partial charge in [-0.25, -0.2) is 4.79 Å². The van der Waals surface area contributed by atoms with Gasteiger partial charge in [0.2, 0.25) is 0 Å². The minimum Gasteiger partial charge on any atom is -0.448 e. The molecule has 0 spiro atoms. The van der Waals surface area contributed by atoms with Crippen molar-refractivity contribution in [2.45, 2.75) is 32.8 Å². The normalized spacial score (nSPS) is 12.9. The molecule has 6 heteroatoms. The highest BCUT2D eigenvalue weighted by Gasteiger charge is 2.20. The monoisotopic (exact) mass is 342 g/mol. The summed E-state index contributed by atoms with van der Waals surface area (Å²) in [5.74, 6) is -1.05. The third kappa shape index (κ3) is 5.04. The number of amides is 1. The van der Waals surface area contributed by atoms with Crippen molar-refractivity contribution in [2.75, 3.05) is 6.54 Å². The fourth-order valence-corrected chi connectivity index (χ4v) is 2.29. The number of carbonyl (C=O) groups excluding carboxylic acids is 3. The van der Waals surface area contributed by atoms with E-state index in [-0.39, 0.29) is 23.3 Å². The molecule has 0 bridgehead atoms. The molecule has 0 fully saturated rings. The third-order valence-corrected chi connectivity index (χ3v) is 3.91. The van der Waals surface area contributed by atoms with Crippen molar-refractivity contribution < 1.29 is 19.1 Å². The number of ketones is 1. The van der Waals surface area contributed by atoms with Gasteiger partial charge in [-0.3, -0.25) is 9.59 Å². The molecular weight excluding hydrogens is 320 g/mol. The summed E-state index contributed by atoms with van der Waals surface area (Å²) in [6.45, 7) is 5.37. The molecule has 2 N–H and O–H groups in total. The first-order valence-electron chi connectivity index (χ1n) is 8.11. The quantitative estimate of drug-likeness (QED) is 0.598. The van der Waals surface area contributed by atoms with Gasteiger partial charge < -0.3 is 15.0 Å². The number of nitrogens with one attached hydrogen (secondary N) is 2. The number of aromatic nitrogens is 1. The van der Waals surface area contributed by atoms with E-state index in [0.29, 0.717) is 12.1 Å². The molecule has 6 nitrogen and oxygen atoms in total. The van der Waals surface area contributed by atoms with Gasteiger partial charge in [-0.05, 0) is 31.4 Å². The van der Waals surface area contributed by atoms with E-state index < -0.39 is 12.1 Å². The maximum absolute atomic E-state index is 12.1. The van der Waals surface area contributed by atoms with E-state index in [9.17, 15) is 14.4 Å². The molecule has 2 aromatic rings. The fraction of sp³-hybridized carbons (Fsp3) is 0.316. The SMILES string of the molecule is CC(=O)c1c[nH]c(C(=O)O[C@@H](C)C(=O)NC[C@H](C)c2ccccc2)c1. The molecule has 0 aliphatic rings. The predicted octanol–water partition coefficient (Wildman–Crippen LogP) is 2.68. The topological polar surface area (TPSA) is 88.3 Å². The average molecular weight is 342 g/mol. The van der Waals surface area contributed by atoms with Gasteiger partial charge in [-0.15, -0.1) is 0 Å². The third-order valence-electron chi connectivity index (χ3n) is 3.91. The van der Waals surface area contributed by atoms with E-state index >= 15 is 0 Å². The zero-order valence-corrected chi connectivity index (χ0v) is 14.5. The van der Waals surface area contributed by atoms with E-state index in [1.165, 1.54) is 26.1 Å². The number of hydrogen-bond donors (Lipinski definition) is 2. The molecule has 1 amide bonds. The standard InChI is InChI=1S/C19H22N2O4/c1-12(15-7-5-4-6-8-15)10-21-18(23)14(3)25-19(24)17-9-16(11-20-17)13(2)22/h4-9,11-12,14,20H,10H2,1-3H3,(H,21,23)/t12-,14-/m0/s1. The fourth-order valence-electron chi connectivity index (χ4n) is 2.29. The maximum atomic E-state index is 12.1. The van der Waals surface area contributed by atoms with Crippen LogP contribution < -0.4 is 5.32 Å². The summed E-state index contributed by atoms with van der Waals surface area (Å²) in [5.41, 5.74) is 1.65. The highest BCUT2D eigenvalue weighted by atomic mass is 16.5. The van der Waals surface area contributed by atoms with Crippen molar-refractivity contribution in [3.05, 3.63) is 59.4 Å². The first-order chi connectivity index (χ1) is 11.9. The van der Waals surface area contributed by atoms with Crippen molar-refractivity contribution in [3.63, 3.8) is 0 Å². The molecule has 0 aliphatic heterocycles. The van der Waals surface area contributed by atoms with Crippen molar-refractivity contribution in [1.82, 2.24) is 10.3 Å². The Bertz CT molecular complexity index is 752. The Balaban J connectivity index is 1.85. The van der Waals surface area contributed by atoms with Crippen LogP contribution in [-0.4, -0.2) is 35.3 Å². The lowest BCUT2D eigenvalue weighted by atomic mass is 10.0. The first-order valence-corrected chi connectivity index (χ1v) is 8.11. The molecule has 25 heavy (non-hydrogen) atoms. The van der Waals surface area contributed by atoms with Crippen LogP contribution in [-0.2, 0) is 9.53 Å². The van der Waals surface area contributed by atoms with Gasteiger partial charge in [0.25, 0.3) is 5.91 Å². The van der Waals surface area contributed by atoms with E-state index in [0.717, 1.165) is 5.56 Å². The zero-order valence-electron chi connectivity index (χ0n) is 14.5. The van der Waals surface area contributed by atoms with Crippen molar-refractivity contribution in [1.29, 1.82) is 0 Å². The number of hydrogen-bond acceptors (Lipinski definition) is 4. The van der Waals surface area contributed by atoms with E-state index in [1.807, 2.05) is 37.3 Å². The molecule has 0 saturated heterocycles. The number of carbonyl (C=O) groups is 3. The Labute approximate surface area is 146 Å². The summed E-state index contributed by atoms with van der Waals surface area (Å²) < 4.78 is 5.14. The van der Waals surface area contributed by atoms with Gasteiger partial charge in [0.15, 0.2) is 11.9 Å². The summed E-state index contributed by atoms with van der Waals surface area (Å²) in [7, 11) is 0. The second kappa shape index (κ2) is 8.28. The molecule has 132 valence electrons. The molecule has 0 saturated carbocycles. The van der Waals surface area contributed by atoms with E-state index in [4.69, 9.17) is 4.74 Å². The maximum Gasteiger partial charge on any atom is 0.355 e. The highest BCUT2D eigenvalue weighted by Crippen LogP contribution is 2.13. The molecule has 0 unspecified atom stereocenters. The van der Waals surface area contributed by atoms with Crippen molar-refractivity contribution in [2.24, 2.45) is 0 Å². The molecule has 1 aromatic heterocycles. The van der Waals surface area contributed by atoms with Crippen molar-refractivity contribution >= 4 is 17.7 Å². The molecule has 2 rings (SSSR count). The number of ether oxygens (including phenoxy) is 1. The largest absolute Gasteiger partial charge is 0.448 e. The lowest BCUT2D eigenvalue weighted by Crippen LogP contribution is -2.37. The molecule has 0 radical (unpaired) electrons. The van der Waals surface area contributed by atoms with Crippen molar-refractivity contribution in [3.8, 4) is 0 Å². The van der Waals surface area contributed by atoms with Crippen LogP contribution in [0.3, 0.4) is 0 Å².